The highest BCUT2D eigenvalue weighted by molar-refractivity contribution is 5.94. The van der Waals surface area contributed by atoms with Crippen molar-refractivity contribution in [1.29, 1.82) is 0 Å². The van der Waals surface area contributed by atoms with Gasteiger partial charge in [0, 0.05) is 36.7 Å². The lowest BCUT2D eigenvalue weighted by molar-refractivity contribution is -0.148. The zero-order valence-electron chi connectivity index (χ0n) is 18.0. The summed E-state index contributed by atoms with van der Waals surface area (Å²) in [5, 5.41) is 12.0. The molecule has 2 aliphatic heterocycles. The average Bonchev–Trinajstić information content (AvgIpc) is 2.83. The minimum atomic E-state index is -0.867. The van der Waals surface area contributed by atoms with Crippen molar-refractivity contribution >= 4 is 12.0 Å². The van der Waals surface area contributed by atoms with Crippen molar-refractivity contribution in [2.45, 2.75) is 32.2 Å². The van der Waals surface area contributed by atoms with Crippen LogP contribution >= 0.6 is 0 Å². The number of carbonyl (C=O) groups excluding carboxylic acids is 1. The van der Waals surface area contributed by atoms with E-state index in [1.54, 1.807) is 6.08 Å². The number of rotatable bonds is 6. The fraction of sp³-hybridized carbons (Fsp3) is 0.360. The Morgan fingerprint density at radius 1 is 1.12 bits per heavy atom. The minimum absolute atomic E-state index is 0.0918. The van der Waals surface area contributed by atoms with Gasteiger partial charge in [-0.3, -0.25) is 4.79 Å². The first kappa shape index (κ1) is 21.9. The molecule has 32 heavy (non-hydrogen) atoms. The molecule has 2 aliphatic rings. The van der Waals surface area contributed by atoms with Gasteiger partial charge in [0.2, 0.25) is 6.29 Å². The van der Waals surface area contributed by atoms with Gasteiger partial charge in [-0.25, -0.2) is 4.79 Å². The molecule has 2 N–H and O–H groups in total. The van der Waals surface area contributed by atoms with Gasteiger partial charge in [-0.05, 0) is 54.7 Å². The van der Waals surface area contributed by atoms with Gasteiger partial charge in [0.25, 0.3) is 5.91 Å². The molecule has 0 aliphatic carbocycles. The smallest absolute Gasteiger partial charge is 0.407 e. The van der Waals surface area contributed by atoms with Crippen LogP contribution in [0.1, 0.15) is 35.2 Å². The summed E-state index contributed by atoms with van der Waals surface area (Å²) in [6.07, 6.45) is 2.77. The van der Waals surface area contributed by atoms with Crippen molar-refractivity contribution in [3.63, 3.8) is 0 Å². The molecule has 0 spiro atoms. The Kier molecular flexibility index (Phi) is 6.75. The molecule has 2 amide bonds. The molecule has 1 unspecified atom stereocenters. The third kappa shape index (κ3) is 4.94. The average molecular weight is 437 g/mol. The maximum Gasteiger partial charge on any atom is 0.407 e. The van der Waals surface area contributed by atoms with Gasteiger partial charge in [0.15, 0.2) is 0 Å². The molecule has 2 aromatic rings. The monoisotopic (exact) mass is 436 g/mol. The van der Waals surface area contributed by atoms with E-state index in [1.165, 1.54) is 4.90 Å². The van der Waals surface area contributed by atoms with Gasteiger partial charge in [-0.2, -0.15) is 0 Å². The number of nitrogens with zero attached hydrogens (tertiary/aromatic N) is 1. The zero-order valence-corrected chi connectivity index (χ0v) is 18.0. The van der Waals surface area contributed by atoms with Gasteiger partial charge in [0.1, 0.15) is 5.75 Å². The highest BCUT2D eigenvalue weighted by atomic mass is 16.7. The quantitative estimate of drug-likeness (QED) is 0.521. The van der Waals surface area contributed by atoms with Gasteiger partial charge >= 0.3 is 6.09 Å². The predicted octanol–water partition coefficient (Wildman–Crippen LogP) is 4.28. The molecule has 2 heterocycles. The largest absolute Gasteiger partial charge is 0.465 e. The number of fused-ring (bicyclic) bond motifs is 1. The van der Waals surface area contributed by atoms with E-state index in [9.17, 15) is 9.59 Å². The summed E-state index contributed by atoms with van der Waals surface area (Å²) >= 11 is 0. The molecule has 7 heteroatoms. The van der Waals surface area contributed by atoms with Crippen LogP contribution in [0.3, 0.4) is 0 Å². The van der Waals surface area contributed by atoms with Crippen molar-refractivity contribution in [3.8, 4) is 16.9 Å². The molecule has 0 bridgehead atoms. The van der Waals surface area contributed by atoms with Crippen molar-refractivity contribution in [1.82, 2.24) is 10.2 Å². The van der Waals surface area contributed by atoms with Crippen LogP contribution in [0.5, 0.6) is 5.75 Å². The molecule has 1 saturated heterocycles. The maximum atomic E-state index is 12.2. The number of carboxylic acid groups (broad SMARTS) is 1. The summed E-state index contributed by atoms with van der Waals surface area (Å²) in [7, 11) is 0. The van der Waals surface area contributed by atoms with Crippen LogP contribution in [0.15, 0.2) is 55.1 Å². The first-order valence-electron chi connectivity index (χ1n) is 10.9. The zero-order chi connectivity index (χ0) is 22.5. The molecular weight excluding hydrogens is 408 g/mol. The van der Waals surface area contributed by atoms with Crippen molar-refractivity contribution in [3.05, 3.63) is 66.2 Å². The topological polar surface area (TPSA) is 88.1 Å². The summed E-state index contributed by atoms with van der Waals surface area (Å²) in [6.45, 7) is 5.71. The van der Waals surface area contributed by atoms with Crippen LogP contribution in [-0.2, 0) is 11.3 Å². The number of benzene rings is 2. The summed E-state index contributed by atoms with van der Waals surface area (Å²) in [4.78, 5) is 24.7. The second kappa shape index (κ2) is 9.87. The second-order valence-corrected chi connectivity index (χ2v) is 8.14. The number of carbonyl (C=O) groups is 2. The maximum absolute atomic E-state index is 12.2. The standard InChI is InChI=1S/C25H28N2O5/c1-2-3-12-26-23(28)18-6-4-17(5-7-18)20-8-9-22-21(15-20)16-31-24(32-22)19-10-13-27(14-11-19)25(29)30/h2,4-9,15,19,24H,1,3,10-14,16H2,(H,26,28)(H,29,30). The Bertz CT molecular complexity index is 980. The SMILES string of the molecule is C=CCCNC(=O)c1ccc(-c2ccc3c(c2)COC(C2CCN(C(=O)O)CC2)O3)cc1. The fourth-order valence-electron chi connectivity index (χ4n) is 4.12. The molecule has 0 aromatic heterocycles. The van der Waals surface area contributed by atoms with E-state index in [0.29, 0.717) is 31.8 Å². The number of nitrogens with one attached hydrogen (secondary N) is 1. The highest BCUT2D eigenvalue weighted by Crippen LogP contribution is 2.35. The van der Waals surface area contributed by atoms with Crippen molar-refractivity contribution in [2.75, 3.05) is 19.6 Å². The van der Waals surface area contributed by atoms with Crippen LogP contribution in [0.2, 0.25) is 0 Å². The van der Waals surface area contributed by atoms with Crippen molar-refractivity contribution < 1.29 is 24.2 Å². The normalized spacial score (nSPS) is 18.4. The Morgan fingerprint density at radius 2 is 1.84 bits per heavy atom. The van der Waals surface area contributed by atoms with E-state index in [2.05, 4.69) is 18.0 Å². The number of ether oxygens (including phenoxy) is 2. The lowest BCUT2D eigenvalue weighted by Gasteiger charge is -2.36. The van der Waals surface area contributed by atoms with Crippen LogP contribution in [0.25, 0.3) is 11.1 Å². The second-order valence-electron chi connectivity index (χ2n) is 8.14. The van der Waals surface area contributed by atoms with E-state index in [0.717, 1.165) is 41.7 Å². The van der Waals surface area contributed by atoms with E-state index in [1.807, 2.05) is 36.4 Å². The molecule has 7 nitrogen and oxygen atoms in total. The Hall–Kier alpha value is -3.32. The molecule has 168 valence electrons. The minimum Gasteiger partial charge on any atom is -0.465 e. The lowest BCUT2D eigenvalue weighted by Crippen LogP contribution is -2.43. The Morgan fingerprint density at radius 3 is 2.53 bits per heavy atom. The van der Waals surface area contributed by atoms with E-state index in [4.69, 9.17) is 14.6 Å². The molecule has 4 rings (SSSR count). The number of hydrogen-bond acceptors (Lipinski definition) is 4. The van der Waals surface area contributed by atoms with Crippen LogP contribution in [0, 0.1) is 5.92 Å². The first-order valence-corrected chi connectivity index (χ1v) is 10.9. The highest BCUT2D eigenvalue weighted by Gasteiger charge is 2.33. The number of piperidine rings is 1. The Balaban J connectivity index is 1.38. The van der Waals surface area contributed by atoms with Gasteiger partial charge in [-0.1, -0.05) is 24.3 Å². The summed E-state index contributed by atoms with van der Waals surface area (Å²) in [5.74, 6) is 0.901. The number of amides is 2. The molecular formula is C25H28N2O5. The summed E-state index contributed by atoms with van der Waals surface area (Å²) in [5.41, 5.74) is 3.65. The molecule has 0 radical (unpaired) electrons. The van der Waals surface area contributed by atoms with Gasteiger partial charge in [0.05, 0.1) is 6.61 Å². The summed E-state index contributed by atoms with van der Waals surface area (Å²) < 4.78 is 12.1. The lowest BCUT2D eigenvalue weighted by atomic mass is 9.95. The van der Waals surface area contributed by atoms with Crippen molar-refractivity contribution in [2.24, 2.45) is 5.92 Å². The Labute approximate surface area is 187 Å². The van der Waals surface area contributed by atoms with Crippen LogP contribution in [0.4, 0.5) is 4.79 Å². The van der Waals surface area contributed by atoms with Crippen LogP contribution < -0.4 is 10.1 Å². The van der Waals surface area contributed by atoms with Crippen LogP contribution in [-0.4, -0.2) is 47.9 Å². The predicted molar refractivity (Wildman–Crippen MR) is 121 cm³/mol. The summed E-state index contributed by atoms with van der Waals surface area (Å²) in [6, 6.07) is 13.5. The molecule has 0 saturated carbocycles. The molecule has 1 fully saturated rings. The van der Waals surface area contributed by atoms with E-state index >= 15 is 0 Å². The molecule has 2 aromatic carbocycles. The van der Waals surface area contributed by atoms with Gasteiger partial charge < -0.3 is 24.8 Å². The van der Waals surface area contributed by atoms with E-state index in [-0.39, 0.29) is 18.1 Å². The van der Waals surface area contributed by atoms with Gasteiger partial charge in [-0.15, -0.1) is 6.58 Å². The fourth-order valence-corrected chi connectivity index (χ4v) is 4.12. The number of hydrogen-bond donors (Lipinski definition) is 2. The third-order valence-electron chi connectivity index (χ3n) is 6.02. The third-order valence-corrected chi connectivity index (χ3v) is 6.02. The number of likely N-dealkylation sites (tertiary alicyclic amines) is 1. The van der Waals surface area contributed by atoms with E-state index < -0.39 is 6.09 Å². The molecule has 1 atom stereocenters. The first-order chi connectivity index (χ1) is 15.5.